The number of nitrogens with zero attached hydrogens (tertiary/aromatic N) is 2. The molecule has 1 aromatic heterocycles. The van der Waals surface area contributed by atoms with E-state index >= 15 is 0 Å². The van der Waals surface area contributed by atoms with Crippen LogP contribution in [0.4, 0.5) is 14.5 Å². The fourth-order valence-corrected chi connectivity index (χ4v) is 4.17. The second kappa shape index (κ2) is 6.12. The van der Waals surface area contributed by atoms with Crippen LogP contribution in [0.25, 0.3) is 0 Å². The molecule has 5 rings (SSSR count). The van der Waals surface area contributed by atoms with Crippen molar-refractivity contribution in [1.29, 1.82) is 0 Å². The van der Waals surface area contributed by atoms with E-state index in [0.29, 0.717) is 16.8 Å². The molecule has 4 nitrogen and oxygen atoms in total. The molecular formula is C22H16F2N2O2. The normalized spacial score (nSPS) is 19.7. The fourth-order valence-electron chi connectivity index (χ4n) is 4.17. The van der Waals surface area contributed by atoms with Gasteiger partial charge in [-0.25, -0.2) is 18.6 Å². The highest BCUT2D eigenvalue weighted by atomic mass is 19.1. The number of aryl methyl sites for hydroxylation is 1. The molecule has 0 bridgehead atoms. The first-order valence-corrected chi connectivity index (χ1v) is 9.01. The van der Waals surface area contributed by atoms with E-state index in [1.807, 2.05) is 6.07 Å². The van der Waals surface area contributed by atoms with Crippen molar-refractivity contribution in [1.82, 2.24) is 4.98 Å². The summed E-state index contributed by atoms with van der Waals surface area (Å²) in [6.45, 7) is 1.82. The standard InChI is InChI=1S/C22H16F2N2O2/c1-12-9-15-18(10-17(12)24)26(11-13-5-2-3-7-16(13)23)20-19(15)14-6-4-8-25-21(14)28-22(20)27/h2-10,19-20H,11H2,1H3/t19?,20-/m0/s1. The molecule has 0 fully saturated rings. The summed E-state index contributed by atoms with van der Waals surface area (Å²) in [7, 11) is 0. The number of fused-ring (bicyclic) bond motifs is 5. The largest absolute Gasteiger partial charge is 0.406 e. The zero-order valence-electron chi connectivity index (χ0n) is 15.0. The van der Waals surface area contributed by atoms with Gasteiger partial charge in [0.2, 0.25) is 5.88 Å². The molecule has 2 aromatic carbocycles. The second-order valence-electron chi connectivity index (χ2n) is 7.12. The molecular weight excluding hydrogens is 362 g/mol. The van der Waals surface area contributed by atoms with Gasteiger partial charge in [-0.2, -0.15) is 0 Å². The lowest BCUT2D eigenvalue weighted by Gasteiger charge is -2.32. The maximum atomic E-state index is 14.4. The quantitative estimate of drug-likeness (QED) is 0.630. The highest BCUT2D eigenvalue weighted by Crippen LogP contribution is 2.50. The van der Waals surface area contributed by atoms with E-state index in [9.17, 15) is 13.6 Å². The number of hydrogen-bond donors (Lipinski definition) is 0. The first-order valence-electron chi connectivity index (χ1n) is 9.01. The monoisotopic (exact) mass is 378 g/mol. The number of ether oxygens (including phenoxy) is 1. The average Bonchev–Trinajstić information content (AvgIpc) is 2.98. The fraction of sp³-hybridized carbons (Fsp3) is 0.182. The number of aromatic nitrogens is 1. The summed E-state index contributed by atoms with van der Waals surface area (Å²) in [5, 5.41) is 0. The lowest BCUT2D eigenvalue weighted by Crippen LogP contribution is -2.45. The van der Waals surface area contributed by atoms with Gasteiger partial charge in [0.1, 0.15) is 17.7 Å². The zero-order valence-corrected chi connectivity index (χ0v) is 15.0. The van der Waals surface area contributed by atoms with Crippen molar-refractivity contribution in [3.8, 4) is 5.88 Å². The van der Waals surface area contributed by atoms with Crippen molar-refractivity contribution < 1.29 is 18.3 Å². The Kier molecular flexibility index (Phi) is 3.69. The Hall–Kier alpha value is -3.28. The van der Waals surface area contributed by atoms with Crippen molar-refractivity contribution in [2.75, 3.05) is 4.90 Å². The van der Waals surface area contributed by atoms with E-state index < -0.39 is 12.0 Å². The molecule has 0 aliphatic carbocycles. The summed E-state index contributed by atoms with van der Waals surface area (Å²) >= 11 is 0. The van der Waals surface area contributed by atoms with E-state index in [4.69, 9.17) is 4.74 Å². The van der Waals surface area contributed by atoms with Gasteiger partial charge in [0.05, 0.1) is 0 Å². The number of rotatable bonds is 2. The molecule has 0 amide bonds. The van der Waals surface area contributed by atoms with Crippen LogP contribution in [-0.2, 0) is 11.3 Å². The van der Waals surface area contributed by atoms with Crippen LogP contribution >= 0.6 is 0 Å². The maximum Gasteiger partial charge on any atom is 0.336 e. The zero-order chi connectivity index (χ0) is 19.4. The van der Waals surface area contributed by atoms with Crippen molar-refractivity contribution in [3.05, 3.63) is 88.6 Å². The third-order valence-electron chi connectivity index (χ3n) is 5.48. The molecule has 0 radical (unpaired) electrons. The Morgan fingerprint density at radius 3 is 2.71 bits per heavy atom. The Morgan fingerprint density at radius 1 is 1.07 bits per heavy atom. The van der Waals surface area contributed by atoms with Gasteiger partial charge in [0.25, 0.3) is 0 Å². The van der Waals surface area contributed by atoms with Crippen LogP contribution in [0.5, 0.6) is 5.88 Å². The highest BCUT2D eigenvalue weighted by Gasteiger charge is 2.49. The topological polar surface area (TPSA) is 42.4 Å². The third kappa shape index (κ3) is 2.41. The van der Waals surface area contributed by atoms with Gasteiger partial charge in [-0.3, -0.25) is 0 Å². The number of anilines is 1. The number of benzene rings is 2. The van der Waals surface area contributed by atoms with Gasteiger partial charge in [0.15, 0.2) is 0 Å². The predicted octanol–water partition coefficient (Wildman–Crippen LogP) is 4.11. The van der Waals surface area contributed by atoms with Gasteiger partial charge in [-0.15, -0.1) is 0 Å². The van der Waals surface area contributed by atoms with E-state index in [0.717, 1.165) is 11.1 Å². The molecule has 3 heterocycles. The number of carbonyl (C=O) groups excluding carboxylic acids is 1. The van der Waals surface area contributed by atoms with Crippen LogP contribution in [0.1, 0.15) is 28.2 Å². The van der Waals surface area contributed by atoms with Gasteiger partial charge in [0, 0.05) is 35.5 Å². The molecule has 0 saturated carbocycles. The SMILES string of the molecule is Cc1cc2c(cc1F)N(Cc1ccccc1F)[C@@H]1C(=O)Oc3ncccc3C21. The van der Waals surface area contributed by atoms with Crippen LogP contribution in [0, 0.1) is 18.6 Å². The second-order valence-corrected chi connectivity index (χ2v) is 7.12. The minimum atomic E-state index is -0.701. The van der Waals surface area contributed by atoms with Crippen molar-refractivity contribution in [2.45, 2.75) is 25.4 Å². The number of halogens is 2. The number of carbonyl (C=O) groups is 1. The molecule has 2 aliphatic heterocycles. The summed E-state index contributed by atoms with van der Waals surface area (Å²) in [6, 6.07) is 12.5. The van der Waals surface area contributed by atoms with Crippen LogP contribution < -0.4 is 9.64 Å². The summed E-state index contributed by atoms with van der Waals surface area (Å²) in [5.41, 5.74) is 3.10. The molecule has 2 atom stereocenters. The number of esters is 1. The molecule has 140 valence electrons. The summed E-state index contributed by atoms with van der Waals surface area (Å²) in [5.74, 6) is -1.27. The smallest absolute Gasteiger partial charge is 0.336 e. The van der Waals surface area contributed by atoms with E-state index in [2.05, 4.69) is 4.98 Å². The molecule has 6 heteroatoms. The van der Waals surface area contributed by atoms with Crippen LogP contribution in [-0.4, -0.2) is 17.0 Å². The Labute approximate surface area is 160 Å². The van der Waals surface area contributed by atoms with E-state index in [1.54, 1.807) is 48.4 Å². The Bertz CT molecular complexity index is 1120. The molecule has 0 saturated heterocycles. The van der Waals surface area contributed by atoms with Gasteiger partial charge >= 0.3 is 5.97 Å². The summed E-state index contributed by atoms with van der Waals surface area (Å²) in [6.07, 6.45) is 1.56. The van der Waals surface area contributed by atoms with E-state index in [-0.39, 0.29) is 30.0 Å². The number of hydrogen-bond acceptors (Lipinski definition) is 4. The molecule has 0 spiro atoms. The van der Waals surface area contributed by atoms with Crippen LogP contribution in [0.2, 0.25) is 0 Å². The van der Waals surface area contributed by atoms with Crippen molar-refractivity contribution in [3.63, 3.8) is 0 Å². The van der Waals surface area contributed by atoms with Crippen LogP contribution in [0.3, 0.4) is 0 Å². The maximum absolute atomic E-state index is 14.4. The van der Waals surface area contributed by atoms with Crippen molar-refractivity contribution in [2.24, 2.45) is 0 Å². The highest BCUT2D eigenvalue weighted by molar-refractivity contribution is 5.90. The molecule has 2 aliphatic rings. The lowest BCUT2D eigenvalue weighted by molar-refractivity contribution is -0.137. The first-order chi connectivity index (χ1) is 13.5. The van der Waals surface area contributed by atoms with Gasteiger partial charge < -0.3 is 9.64 Å². The molecule has 0 N–H and O–H groups in total. The third-order valence-corrected chi connectivity index (χ3v) is 5.48. The summed E-state index contributed by atoms with van der Waals surface area (Å²) < 4.78 is 34.2. The van der Waals surface area contributed by atoms with Crippen molar-refractivity contribution >= 4 is 11.7 Å². The molecule has 3 aromatic rings. The lowest BCUT2D eigenvalue weighted by atomic mass is 9.86. The minimum absolute atomic E-state index is 0.133. The molecule has 28 heavy (non-hydrogen) atoms. The molecule has 1 unspecified atom stereocenters. The average molecular weight is 378 g/mol. The van der Waals surface area contributed by atoms with E-state index in [1.165, 1.54) is 12.1 Å². The summed E-state index contributed by atoms with van der Waals surface area (Å²) in [4.78, 5) is 18.8. The predicted molar refractivity (Wildman–Crippen MR) is 99.2 cm³/mol. The Balaban J connectivity index is 1.70. The van der Waals surface area contributed by atoms with Crippen LogP contribution in [0.15, 0.2) is 54.7 Å². The number of pyridine rings is 1. The van der Waals surface area contributed by atoms with Gasteiger partial charge in [-0.05, 0) is 36.2 Å². The Morgan fingerprint density at radius 2 is 1.89 bits per heavy atom. The minimum Gasteiger partial charge on any atom is -0.406 e. The first kappa shape index (κ1) is 16.9. The van der Waals surface area contributed by atoms with Gasteiger partial charge in [-0.1, -0.05) is 30.3 Å².